The number of methoxy groups -OCH3 is 1. The van der Waals surface area contributed by atoms with E-state index in [2.05, 4.69) is 5.32 Å². The van der Waals surface area contributed by atoms with Gasteiger partial charge in [-0.05, 0) is 32.0 Å². The van der Waals surface area contributed by atoms with Gasteiger partial charge in [-0.15, -0.1) is 0 Å². The lowest BCUT2D eigenvalue weighted by Crippen LogP contribution is -2.32. The van der Waals surface area contributed by atoms with Crippen molar-refractivity contribution in [1.82, 2.24) is 5.32 Å². The maximum atomic E-state index is 11.8. The molecule has 0 aliphatic rings. The van der Waals surface area contributed by atoms with Crippen molar-refractivity contribution in [3.63, 3.8) is 0 Å². The van der Waals surface area contributed by atoms with Crippen LogP contribution in [0.4, 0.5) is 5.69 Å². The molecule has 0 radical (unpaired) electrons. The molecule has 0 bridgehead atoms. The Labute approximate surface area is 107 Å². The van der Waals surface area contributed by atoms with Crippen molar-refractivity contribution in [2.75, 3.05) is 26.0 Å². The molecule has 5 heteroatoms. The first-order chi connectivity index (χ1) is 8.58. The second kappa shape index (κ2) is 6.86. The third kappa shape index (κ3) is 3.92. The SMILES string of the molecule is CCOC(C)CNC(=O)c1ccc(OC)c(N)c1. The Kier molecular flexibility index (Phi) is 5.45. The number of amides is 1. The molecule has 0 aromatic heterocycles. The van der Waals surface area contributed by atoms with Gasteiger partial charge in [0.15, 0.2) is 0 Å². The number of rotatable bonds is 6. The standard InChI is InChI=1S/C13H20N2O3/c1-4-18-9(2)8-15-13(16)10-5-6-12(17-3)11(14)7-10/h5-7,9H,4,8,14H2,1-3H3,(H,15,16). The van der Waals surface area contributed by atoms with E-state index in [1.807, 2.05) is 13.8 Å². The van der Waals surface area contributed by atoms with Crippen LogP contribution >= 0.6 is 0 Å². The molecule has 1 aromatic carbocycles. The van der Waals surface area contributed by atoms with Crippen LogP contribution in [-0.4, -0.2) is 32.3 Å². The van der Waals surface area contributed by atoms with Gasteiger partial charge in [-0.3, -0.25) is 4.79 Å². The number of anilines is 1. The maximum Gasteiger partial charge on any atom is 0.251 e. The number of carbonyl (C=O) groups excluding carboxylic acids is 1. The predicted octanol–water partition coefficient (Wildman–Crippen LogP) is 1.43. The van der Waals surface area contributed by atoms with E-state index in [0.717, 1.165) is 0 Å². The summed E-state index contributed by atoms with van der Waals surface area (Å²) in [5, 5.41) is 2.79. The Balaban J connectivity index is 2.59. The minimum absolute atomic E-state index is 0.00505. The fourth-order valence-corrected chi connectivity index (χ4v) is 1.56. The largest absolute Gasteiger partial charge is 0.495 e. The fraction of sp³-hybridized carbons (Fsp3) is 0.462. The summed E-state index contributed by atoms with van der Waals surface area (Å²) < 4.78 is 10.4. The van der Waals surface area contributed by atoms with E-state index in [-0.39, 0.29) is 12.0 Å². The van der Waals surface area contributed by atoms with E-state index in [9.17, 15) is 4.79 Å². The van der Waals surface area contributed by atoms with Crippen molar-refractivity contribution in [2.45, 2.75) is 20.0 Å². The molecule has 1 unspecified atom stereocenters. The van der Waals surface area contributed by atoms with Crippen molar-refractivity contribution in [3.05, 3.63) is 23.8 Å². The van der Waals surface area contributed by atoms with Gasteiger partial charge in [-0.25, -0.2) is 0 Å². The van der Waals surface area contributed by atoms with Gasteiger partial charge in [0.2, 0.25) is 0 Å². The molecule has 1 atom stereocenters. The van der Waals surface area contributed by atoms with Crippen molar-refractivity contribution in [1.29, 1.82) is 0 Å². The molecule has 1 aromatic rings. The van der Waals surface area contributed by atoms with Crippen molar-refractivity contribution in [2.24, 2.45) is 0 Å². The van der Waals surface area contributed by atoms with Crippen LogP contribution in [0.2, 0.25) is 0 Å². The zero-order valence-electron chi connectivity index (χ0n) is 11.0. The number of benzene rings is 1. The minimum atomic E-state index is -0.170. The second-order valence-electron chi connectivity index (χ2n) is 3.93. The summed E-state index contributed by atoms with van der Waals surface area (Å²) in [5.41, 5.74) is 6.70. The van der Waals surface area contributed by atoms with Crippen LogP contribution in [0.15, 0.2) is 18.2 Å². The van der Waals surface area contributed by atoms with E-state index in [0.29, 0.717) is 30.2 Å². The van der Waals surface area contributed by atoms with Gasteiger partial charge in [-0.1, -0.05) is 0 Å². The summed E-state index contributed by atoms with van der Waals surface area (Å²) in [6.45, 7) is 4.93. The molecule has 0 spiro atoms. The van der Waals surface area contributed by atoms with Gasteiger partial charge >= 0.3 is 0 Å². The molecule has 5 nitrogen and oxygen atoms in total. The predicted molar refractivity (Wildman–Crippen MR) is 70.8 cm³/mol. The first-order valence-corrected chi connectivity index (χ1v) is 5.91. The molecule has 3 N–H and O–H groups in total. The van der Waals surface area contributed by atoms with Crippen molar-refractivity contribution in [3.8, 4) is 5.75 Å². The smallest absolute Gasteiger partial charge is 0.251 e. The zero-order valence-corrected chi connectivity index (χ0v) is 11.0. The lowest BCUT2D eigenvalue weighted by atomic mass is 10.1. The summed E-state index contributed by atoms with van der Waals surface area (Å²) >= 11 is 0. The van der Waals surface area contributed by atoms with Gasteiger partial charge in [0.05, 0.1) is 18.9 Å². The Morgan fingerprint density at radius 3 is 2.78 bits per heavy atom. The van der Waals surface area contributed by atoms with Gasteiger partial charge in [-0.2, -0.15) is 0 Å². The quantitative estimate of drug-likeness (QED) is 0.751. The summed E-state index contributed by atoms with van der Waals surface area (Å²) in [5.74, 6) is 0.394. The first kappa shape index (κ1) is 14.3. The monoisotopic (exact) mass is 252 g/mol. The number of hydrogen-bond donors (Lipinski definition) is 2. The summed E-state index contributed by atoms with van der Waals surface area (Å²) in [4.78, 5) is 11.8. The highest BCUT2D eigenvalue weighted by molar-refractivity contribution is 5.95. The molecular weight excluding hydrogens is 232 g/mol. The number of hydrogen-bond acceptors (Lipinski definition) is 4. The topological polar surface area (TPSA) is 73.6 Å². The van der Waals surface area contributed by atoms with Crippen LogP contribution in [0.25, 0.3) is 0 Å². The van der Waals surface area contributed by atoms with Crippen LogP contribution < -0.4 is 15.8 Å². The number of nitrogen functional groups attached to an aromatic ring is 1. The first-order valence-electron chi connectivity index (χ1n) is 5.91. The number of nitrogens with one attached hydrogen (secondary N) is 1. The van der Waals surface area contributed by atoms with Crippen molar-refractivity contribution >= 4 is 11.6 Å². The number of nitrogens with two attached hydrogens (primary N) is 1. The average molecular weight is 252 g/mol. The number of carbonyl (C=O) groups is 1. The third-order valence-electron chi connectivity index (χ3n) is 2.49. The minimum Gasteiger partial charge on any atom is -0.495 e. The average Bonchev–Trinajstić information content (AvgIpc) is 2.36. The van der Waals surface area contributed by atoms with E-state index < -0.39 is 0 Å². The molecule has 1 amide bonds. The molecular formula is C13H20N2O3. The van der Waals surface area contributed by atoms with Crippen molar-refractivity contribution < 1.29 is 14.3 Å². The van der Waals surface area contributed by atoms with Gasteiger partial charge in [0, 0.05) is 18.7 Å². The third-order valence-corrected chi connectivity index (χ3v) is 2.49. The van der Waals surface area contributed by atoms with Gasteiger partial charge in [0.1, 0.15) is 5.75 Å². The molecule has 100 valence electrons. The Morgan fingerprint density at radius 2 is 2.22 bits per heavy atom. The highest BCUT2D eigenvalue weighted by Gasteiger charge is 2.09. The highest BCUT2D eigenvalue weighted by atomic mass is 16.5. The van der Waals surface area contributed by atoms with Crippen LogP contribution in [0.5, 0.6) is 5.75 Å². The molecule has 1 rings (SSSR count). The van der Waals surface area contributed by atoms with E-state index >= 15 is 0 Å². The van der Waals surface area contributed by atoms with Crippen LogP contribution in [-0.2, 0) is 4.74 Å². The normalized spacial score (nSPS) is 11.9. The summed E-state index contributed by atoms with van der Waals surface area (Å²) in [7, 11) is 1.54. The lowest BCUT2D eigenvalue weighted by molar-refractivity contribution is 0.0695. The highest BCUT2D eigenvalue weighted by Crippen LogP contribution is 2.21. The van der Waals surface area contributed by atoms with Gasteiger partial charge < -0.3 is 20.5 Å². The molecule has 0 aliphatic heterocycles. The lowest BCUT2D eigenvalue weighted by Gasteiger charge is -2.13. The molecule has 0 saturated heterocycles. The van der Waals surface area contributed by atoms with E-state index in [1.165, 1.54) is 7.11 Å². The number of ether oxygens (including phenoxy) is 2. The molecule has 0 aliphatic carbocycles. The van der Waals surface area contributed by atoms with E-state index in [1.54, 1.807) is 18.2 Å². The van der Waals surface area contributed by atoms with E-state index in [4.69, 9.17) is 15.2 Å². The Morgan fingerprint density at radius 1 is 1.50 bits per heavy atom. The summed E-state index contributed by atoms with van der Waals surface area (Å²) in [6, 6.07) is 4.95. The van der Waals surface area contributed by atoms with Crippen LogP contribution in [0.3, 0.4) is 0 Å². The molecule has 0 fully saturated rings. The molecule has 0 heterocycles. The maximum absolute atomic E-state index is 11.8. The Hall–Kier alpha value is -1.75. The second-order valence-corrected chi connectivity index (χ2v) is 3.93. The Bertz CT molecular complexity index is 407. The fourth-order valence-electron chi connectivity index (χ4n) is 1.56. The van der Waals surface area contributed by atoms with Gasteiger partial charge in [0.25, 0.3) is 5.91 Å². The van der Waals surface area contributed by atoms with Crippen LogP contribution in [0, 0.1) is 0 Å². The molecule has 0 saturated carbocycles. The molecule has 18 heavy (non-hydrogen) atoms. The summed E-state index contributed by atoms with van der Waals surface area (Å²) in [6.07, 6.45) is -0.00505. The van der Waals surface area contributed by atoms with Crippen LogP contribution in [0.1, 0.15) is 24.2 Å². The zero-order chi connectivity index (χ0) is 13.5.